The minimum absolute atomic E-state index is 0.0655. The molecule has 0 heterocycles. The monoisotopic (exact) mass is 402 g/mol. The Morgan fingerprint density at radius 3 is 2.43 bits per heavy atom. The van der Waals surface area contributed by atoms with Gasteiger partial charge in [-0.25, -0.2) is 4.39 Å². The molecule has 3 rings (SSSR count). The number of aliphatic hydroxyl groups is 1. The van der Waals surface area contributed by atoms with Gasteiger partial charge in [-0.15, -0.1) is 11.8 Å². The summed E-state index contributed by atoms with van der Waals surface area (Å²) in [5.41, 5.74) is 1.06. The van der Waals surface area contributed by atoms with E-state index in [9.17, 15) is 19.1 Å². The van der Waals surface area contributed by atoms with Gasteiger partial charge in [0.05, 0.1) is 17.4 Å². The van der Waals surface area contributed by atoms with Gasteiger partial charge in [0.25, 0.3) is 5.91 Å². The van der Waals surface area contributed by atoms with Gasteiger partial charge in [0, 0.05) is 16.6 Å². The predicted molar refractivity (Wildman–Crippen MR) is 108 cm³/mol. The van der Waals surface area contributed by atoms with E-state index in [1.165, 1.54) is 36.0 Å². The third-order valence-electron chi connectivity index (χ3n) is 4.65. The molecular formula is C21H23FN2O3S. The zero-order chi connectivity index (χ0) is 19.9. The van der Waals surface area contributed by atoms with Gasteiger partial charge in [-0.2, -0.15) is 0 Å². The Hall–Kier alpha value is -2.38. The van der Waals surface area contributed by atoms with Crippen molar-refractivity contribution in [3.63, 3.8) is 0 Å². The number of anilines is 1. The fourth-order valence-electron chi connectivity index (χ4n) is 3.14. The largest absolute Gasteiger partial charge is 0.393 e. The van der Waals surface area contributed by atoms with Crippen molar-refractivity contribution in [2.24, 2.45) is 0 Å². The second-order valence-corrected chi connectivity index (χ2v) is 7.84. The number of aliphatic hydroxyl groups excluding tert-OH is 1. The molecule has 1 aliphatic carbocycles. The van der Waals surface area contributed by atoms with Gasteiger partial charge in [0.2, 0.25) is 5.91 Å². The van der Waals surface area contributed by atoms with Crippen molar-refractivity contribution >= 4 is 29.3 Å². The maximum absolute atomic E-state index is 12.9. The molecule has 0 saturated heterocycles. The molecule has 2 aromatic rings. The third-order valence-corrected chi connectivity index (χ3v) is 5.72. The minimum Gasteiger partial charge on any atom is -0.393 e. The standard InChI is InChI=1S/C21H23FN2O3S/c22-14-5-7-15(8-6-14)23-20(26)13-28-19-4-2-1-3-18(19)21(27)24-16-9-11-17(25)12-10-16/h1-8,16-17,25H,9-13H2,(H,23,26)(H,24,27). The van der Waals surface area contributed by atoms with Crippen molar-refractivity contribution in [1.29, 1.82) is 0 Å². The number of rotatable bonds is 6. The average Bonchev–Trinajstić information content (AvgIpc) is 2.70. The fourth-order valence-corrected chi connectivity index (χ4v) is 3.99. The smallest absolute Gasteiger partial charge is 0.252 e. The molecular weight excluding hydrogens is 379 g/mol. The molecule has 148 valence electrons. The fraction of sp³-hybridized carbons (Fsp3) is 0.333. The lowest BCUT2D eigenvalue weighted by Gasteiger charge is -2.26. The van der Waals surface area contributed by atoms with Crippen molar-refractivity contribution < 1.29 is 19.1 Å². The number of nitrogens with one attached hydrogen (secondary N) is 2. The lowest BCUT2D eigenvalue weighted by Crippen LogP contribution is -2.38. The van der Waals surface area contributed by atoms with Crippen LogP contribution in [0.25, 0.3) is 0 Å². The van der Waals surface area contributed by atoms with Gasteiger partial charge in [0.1, 0.15) is 5.82 Å². The molecule has 0 bridgehead atoms. The molecule has 3 N–H and O–H groups in total. The van der Waals surface area contributed by atoms with Crippen molar-refractivity contribution in [2.75, 3.05) is 11.1 Å². The van der Waals surface area contributed by atoms with E-state index in [0.29, 0.717) is 24.1 Å². The van der Waals surface area contributed by atoms with Crippen LogP contribution in [-0.4, -0.2) is 34.8 Å². The summed E-state index contributed by atoms with van der Waals surface area (Å²) in [6, 6.07) is 12.8. The van der Waals surface area contributed by atoms with Crippen LogP contribution in [0.15, 0.2) is 53.4 Å². The highest BCUT2D eigenvalue weighted by molar-refractivity contribution is 8.00. The molecule has 1 aliphatic rings. The SMILES string of the molecule is O=C(CSc1ccccc1C(=O)NC1CCC(O)CC1)Nc1ccc(F)cc1. The van der Waals surface area contributed by atoms with Crippen LogP contribution in [-0.2, 0) is 4.79 Å². The maximum atomic E-state index is 12.9. The summed E-state index contributed by atoms with van der Waals surface area (Å²) in [4.78, 5) is 25.5. The predicted octanol–water partition coefficient (Wildman–Crippen LogP) is 3.59. The molecule has 1 saturated carbocycles. The first kappa shape index (κ1) is 20.4. The van der Waals surface area contributed by atoms with E-state index in [2.05, 4.69) is 10.6 Å². The lowest BCUT2D eigenvalue weighted by atomic mass is 9.93. The maximum Gasteiger partial charge on any atom is 0.252 e. The Balaban J connectivity index is 1.56. The minimum atomic E-state index is -0.361. The molecule has 0 aliphatic heterocycles. The molecule has 0 atom stereocenters. The number of hydrogen-bond donors (Lipinski definition) is 3. The third kappa shape index (κ3) is 5.81. The molecule has 0 spiro atoms. The highest BCUT2D eigenvalue weighted by atomic mass is 32.2. The van der Waals surface area contributed by atoms with Gasteiger partial charge < -0.3 is 15.7 Å². The quantitative estimate of drug-likeness (QED) is 0.646. The van der Waals surface area contributed by atoms with Crippen molar-refractivity contribution in [2.45, 2.75) is 42.7 Å². The van der Waals surface area contributed by atoms with Crippen LogP contribution in [0.3, 0.4) is 0 Å². The molecule has 2 amide bonds. The summed E-state index contributed by atoms with van der Waals surface area (Å²) in [5.74, 6) is -0.617. The molecule has 0 unspecified atom stereocenters. The van der Waals surface area contributed by atoms with Crippen LogP contribution in [0.4, 0.5) is 10.1 Å². The number of halogens is 1. The Bertz CT molecular complexity index is 821. The van der Waals surface area contributed by atoms with E-state index in [-0.39, 0.29) is 35.5 Å². The zero-order valence-electron chi connectivity index (χ0n) is 15.4. The molecule has 5 nitrogen and oxygen atoms in total. The highest BCUT2D eigenvalue weighted by Crippen LogP contribution is 2.24. The van der Waals surface area contributed by atoms with E-state index in [1.54, 1.807) is 12.1 Å². The van der Waals surface area contributed by atoms with Crippen LogP contribution in [0, 0.1) is 5.82 Å². The normalized spacial score (nSPS) is 19.1. The van der Waals surface area contributed by atoms with Crippen LogP contribution in [0.1, 0.15) is 36.0 Å². The van der Waals surface area contributed by atoms with Crippen LogP contribution >= 0.6 is 11.8 Å². The Morgan fingerprint density at radius 1 is 1.04 bits per heavy atom. The number of carbonyl (C=O) groups excluding carboxylic acids is 2. The molecule has 0 aromatic heterocycles. The van der Waals surface area contributed by atoms with E-state index in [4.69, 9.17) is 0 Å². The van der Waals surface area contributed by atoms with E-state index >= 15 is 0 Å². The summed E-state index contributed by atoms with van der Waals surface area (Å²) in [6.07, 6.45) is 2.66. The number of carbonyl (C=O) groups is 2. The Morgan fingerprint density at radius 2 is 1.71 bits per heavy atom. The van der Waals surface area contributed by atoms with E-state index in [1.807, 2.05) is 12.1 Å². The van der Waals surface area contributed by atoms with E-state index in [0.717, 1.165) is 17.7 Å². The first-order valence-corrected chi connectivity index (χ1v) is 10.3. The number of benzene rings is 2. The first-order chi connectivity index (χ1) is 13.5. The first-order valence-electron chi connectivity index (χ1n) is 9.27. The summed E-state index contributed by atoms with van der Waals surface area (Å²) < 4.78 is 12.9. The van der Waals surface area contributed by atoms with Gasteiger partial charge in [-0.05, 0) is 62.1 Å². The molecule has 1 fully saturated rings. The summed E-state index contributed by atoms with van der Waals surface area (Å²) in [5, 5.41) is 15.3. The summed E-state index contributed by atoms with van der Waals surface area (Å²) >= 11 is 1.28. The van der Waals surface area contributed by atoms with Crippen molar-refractivity contribution in [1.82, 2.24) is 5.32 Å². The van der Waals surface area contributed by atoms with Crippen molar-refractivity contribution in [3.8, 4) is 0 Å². The Labute approximate surface area is 167 Å². The summed E-state index contributed by atoms with van der Waals surface area (Å²) in [7, 11) is 0. The van der Waals surface area contributed by atoms with Crippen molar-refractivity contribution in [3.05, 3.63) is 59.9 Å². The van der Waals surface area contributed by atoms with Crippen LogP contribution in [0.2, 0.25) is 0 Å². The second kappa shape index (κ2) is 9.71. The molecule has 0 radical (unpaired) electrons. The van der Waals surface area contributed by atoms with Gasteiger partial charge in [-0.3, -0.25) is 9.59 Å². The number of hydrogen-bond acceptors (Lipinski definition) is 4. The Kier molecular flexibility index (Phi) is 7.06. The zero-order valence-corrected chi connectivity index (χ0v) is 16.2. The second-order valence-electron chi connectivity index (χ2n) is 6.82. The molecule has 2 aromatic carbocycles. The molecule has 7 heteroatoms. The number of amides is 2. The summed E-state index contributed by atoms with van der Waals surface area (Å²) in [6.45, 7) is 0. The van der Waals surface area contributed by atoms with Gasteiger partial charge in [0.15, 0.2) is 0 Å². The average molecular weight is 402 g/mol. The molecule has 28 heavy (non-hydrogen) atoms. The topological polar surface area (TPSA) is 78.4 Å². The number of thioether (sulfide) groups is 1. The van der Waals surface area contributed by atoms with Crippen LogP contribution < -0.4 is 10.6 Å². The van der Waals surface area contributed by atoms with E-state index < -0.39 is 0 Å². The van der Waals surface area contributed by atoms with Gasteiger partial charge >= 0.3 is 0 Å². The van der Waals surface area contributed by atoms with Gasteiger partial charge in [-0.1, -0.05) is 12.1 Å². The van der Waals surface area contributed by atoms with Crippen LogP contribution in [0.5, 0.6) is 0 Å². The highest BCUT2D eigenvalue weighted by Gasteiger charge is 2.22. The lowest BCUT2D eigenvalue weighted by molar-refractivity contribution is -0.113.